The van der Waals surface area contributed by atoms with Gasteiger partial charge in [0.25, 0.3) is 0 Å². The molecular weight excluding hydrogens is 795 g/mol. The van der Waals surface area contributed by atoms with Crippen molar-refractivity contribution in [3.05, 3.63) is 264 Å². The lowest BCUT2D eigenvalue weighted by molar-refractivity contribution is 0.350. The topological polar surface area (TPSA) is 3.24 Å². The Labute approximate surface area is 399 Å². The van der Waals surface area contributed by atoms with Gasteiger partial charge in [-0.05, 0) is 178 Å². The van der Waals surface area contributed by atoms with E-state index >= 15 is 0 Å². The van der Waals surface area contributed by atoms with Gasteiger partial charge in [0.2, 0.25) is 0 Å². The van der Waals surface area contributed by atoms with E-state index in [0.717, 1.165) is 22.6 Å². The van der Waals surface area contributed by atoms with Gasteiger partial charge in [-0.1, -0.05) is 196 Å². The lowest BCUT2D eigenvalue weighted by Gasteiger charge is -2.42. The first-order valence-corrected chi connectivity index (χ1v) is 24.3. The van der Waals surface area contributed by atoms with Gasteiger partial charge < -0.3 is 4.90 Å². The summed E-state index contributed by atoms with van der Waals surface area (Å²) in [6.07, 6.45) is 44.0. The minimum absolute atomic E-state index is 0.0673. The quantitative estimate of drug-likeness (QED) is 0.0711. The van der Waals surface area contributed by atoms with Crippen LogP contribution in [0.1, 0.15) is 95.9 Å². The van der Waals surface area contributed by atoms with Crippen molar-refractivity contribution in [3.8, 4) is 0 Å². The van der Waals surface area contributed by atoms with E-state index in [0.29, 0.717) is 17.8 Å². The Morgan fingerprint density at radius 3 is 2.06 bits per heavy atom. The zero-order valence-electron chi connectivity index (χ0n) is 40.8. The number of benzene rings is 4. The van der Waals surface area contributed by atoms with Crippen LogP contribution in [-0.2, 0) is 5.41 Å². The largest absolute Gasteiger partial charge is 0.310 e. The Balaban J connectivity index is 1.43. The highest BCUT2D eigenvalue weighted by molar-refractivity contribution is 5.79. The van der Waals surface area contributed by atoms with Crippen LogP contribution < -0.4 is 4.90 Å². The highest BCUT2D eigenvalue weighted by atomic mass is 15.1. The fraction of sp³-hybridized carbons (Fsp3) is 0.262. The fourth-order valence-corrected chi connectivity index (χ4v) is 10.2. The predicted octanol–water partition coefficient (Wildman–Crippen LogP) is 18.6. The summed E-state index contributed by atoms with van der Waals surface area (Å²) in [6, 6.07) is 37.7. The average molecular weight is 868 g/mol. The second-order valence-electron chi connectivity index (χ2n) is 18.0. The van der Waals surface area contributed by atoms with Crippen molar-refractivity contribution in [2.24, 2.45) is 23.7 Å². The Morgan fingerprint density at radius 1 is 0.727 bits per heavy atom. The average Bonchev–Trinajstić information content (AvgIpc) is 3.35. The van der Waals surface area contributed by atoms with E-state index in [-0.39, 0.29) is 5.92 Å². The van der Waals surface area contributed by atoms with E-state index in [9.17, 15) is 0 Å². The van der Waals surface area contributed by atoms with Crippen LogP contribution in [0.15, 0.2) is 242 Å². The molecule has 2 aliphatic rings. The maximum atomic E-state index is 4.85. The second kappa shape index (κ2) is 24.2. The molecule has 1 nitrogen and oxygen atoms in total. The Hall–Kier alpha value is -6.44. The third-order valence-corrected chi connectivity index (χ3v) is 13.8. The van der Waals surface area contributed by atoms with Gasteiger partial charge in [0.05, 0.1) is 5.41 Å². The van der Waals surface area contributed by atoms with Gasteiger partial charge in [-0.2, -0.15) is 0 Å². The molecule has 5 unspecified atom stereocenters. The molecule has 0 spiro atoms. The molecule has 0 saturated carbocycles. The lowest BCUT2D eigenvalue weighted by Crippen LogP contribution is -2.36. The number of allylic oxidation sites excluding steroid dienone is 22. The molecule has 4 aromatic rings. The number of hydrogen-bond donors (Lipinski definition) is 0. The van der Waals surface area contributed by atoms with E-state index < -0.39 is 5.41 Å². The first-order chi connectivity index (χ1) is 32.2. The monoisotopic (exact) mass is 868 g/mol. The fourth-order valence-electron chi connectivity index (χ4n) is 10.2. The molecule has 0 fully saturated rings. The summed E-state index contributed by atoms with van der Waals surface area (Å²) < 4.78 is 0. The number of rotatable bonds is 18. The van der Waals surface area contributed by atoms with Crippen LogP contribution in [0, 0.1) is 30.6 Å². The van der Waals surface area contributed by atoms with Gasteiger partial charge in [-0.3, -0.25) is 0 Å². The van der Waals surface area contributed by atoms with Crippen LogP contribution in [0.5, 0.6) is 0 Å². The molecule has 2 aliphatic carbocycles. The molecule has 0 N–H and O–H groups in total. The summed E-state index contributed by atoms with van der Waals surface area (Å²) in [5.41, 5.74) is 13.9. The zero-order chi connectivity index (χ0) is 46.9. The van der Waals surface area contributed by atoms with Crippen LogP contribution in [0.2, 0.25) is 0 Å². The summed E-state index contributed by atoms with van der Waals surface area (Å²) in [4.78, 5) is 2.38. The molecule has 4 aromatic carbocycles. The number of aryl methyl sites for hydroxylation is 1. The van der Waals surface area contributed by atoms with Crippen LogP contribution in [0.3, 0.4) is 0 Å². The van der Waals surface area contributed by atoms with Crippen molar-refractivity contribution < 1.29 is 0 Å². The number of hydrogen-bond acceptors (Lipinski definition) is 1. The molecule has 0 bridgehead atoms. The van der Waals surface area contributed by atoms with Gasteiger partial charge >= 0.3 is 0 Å². The van der Waals surface area contributed by atoms with Crippen molar-refractivity contribution in [3.63, 3.8) is 0 Å². The molecule has 0 amide bonds. The van der Waals surface area contributed by atoms with E-state index in [4.69, 9.17) is 6.58 Å². The molecule has 5 atom stereocenters. The number of anilines is 3. The van der Waals surface area contributed by atoms with Crippen molar-refractivity contribution in [1.82, 2.24) is 0 Å². The Morgan fingerprint density at radius 2 is 1.39 bits per heavy atom. The zero-order valence-corrected chi connectivity index (χ0v) is 40.8. The maximum absolute atomic E-state index is 4.85. The van der Waals surface area contributed by atoms with Gasteiger partial charge in [0, 0.05) is 17.1 Å². The molecule has 66 heavy (non-hydrogen) atoms. The molecule has 1 heteroatoms. The Bertz CT molecular complexity index is 2560. The molecule has 0 radical (unpaired) electrons. The van der Waals surface area contributed by atoms with Crippen LogP contribution in [0.25, 0.3) is 5.57 Å². The van der Waals surface area contributed by atoms with Crippen LogP contribution >= 0.6 is 0 Å². The van der Waals surface area contributed by atoms with Crippen molar-refractivity contribution in [1.29, 1.82) is 0 Å². The Kier molecular flexibility index (Phi) is 18.0. The van der Waals surface area contributed by atoms with Gasteiger partial charge in [0.15, 0.2) is 0 Å². The summed E-state index contributed by atoms with van der Waals surface area (Å²) in [6.45, 7) is 24.5. The van der Waals surface area contributed by atoms with E-state index in [1.54, 1.807) is 0 Å². The summed E-state index contributed by atoms with van der Waals surface area (Å²) in [5.74, 6) is 1.60. The molecule has 0 heterocycles. The van der Waals surface area contributed by atoms with Gasteiger partial charge in [-0.25, -0.2) is 0 Å². The molecule has 6 rings (SSSR count). The second-order valence-corrected chi connectivity index (χ2v) is 18.0. The van der Waals surface area contributed by atoms with Crippen molar-refractivity contribution in [2.75, 3.05) is 4.90 Å². The smallest absolute Gasteiger partial charge is 0.0508 e. The first kappa shape index (κ1) is 49.0. The summed E-state index contributed by atoms with van der Waals surface area (Å²) in [7, 11) is 0. The normalized spacial score (nSPS) is 20.1. The maximum Gasteiger partial charge on any atom is 0.0508 e. The molecular formula is C65H73N. The predicted molar refractivity (Wildman–Crippen MR) is 291 cm³/mol. The van der Waals surface area contributed by atoms with Crippen LogP contribution in [0.4, 0.5) is 17.1 Å². The molecule has 0 saturated heterocycles. The molecule has 338 valence electrons. The van der Waals surface area contributed by atoms with Crippen molar-refractivity contribution in [2.45, 2.75) is 86.0 Å². The SMILES string of the molecule is C=C/C(=C\C=C(/C)c1ccc(N(c2ccccc2)c2ccc(C)c(C(C(=C)/C=C\C=C/C)(c3ccccc3)C(C)/C=C\C=C/C)c2)cc1)C1=CC(/C(C)=C/C=C\C)CCC1C1C=CCCC1. The third-order valence-electron chi connectivity index (χ3n) is 13.8. The van der Waals surface area contributed by atoms with E-state index in [1.165, 1.54) is 76.7 Å². The highest BCUT2D eigenvalue weighted by Crippen LogP contribution is 2.49. The minimum Gasteiger partial charge on any atom is -0.310 e. The molecule has 0 aromatic heterocycles. The summed E-state index contributed by atoms with van der Waals surface area (Å²) >= 11 is 0. The highest BCUT2D eigenvalue weighted by Gasteiger charge is 2.42. The molecule has 0 aliphatic heterocycles. The lowest BCUT2D eigenvalue weighted by atomic mass is 9.61. The number of para-hydroxylation sites is 1. The van der Waals surface area contributed by atoms with E-state index in [1.807, 2.05) is 6.92 Å². The van der Waals surface area contributed by atoms with Gasteiger partial charge in [0.1, 0.15) is 0 Å². The summed E-state index contributed by atoms with van der Waals surface area (Å²) in [5, 5.41) is 0. The van der Waals surface area contributed by atoms with Crippen molar-refractivity contribution >= 4 is 22.6 Å². The number of nitrogens with zero attached hydrogens (tertiary/aromatic N) is 1. The van der Waals surface area contributed by atoms with Gasteiger partial charge in [-0.15, -0.1) is 0 Å². The van der Waals surface area contributed by atoms with E-state index in [2.05, 4.69) is 259 Å². The minimum atomic E-state index is -0.562. The standard InChI is InChI=1S/C65H73N/c1-10-14-20-29-52(8)65(53(9)30-21-15-11-2,58-33-24-18-25-34-58)64-48-61(43-38-51(64)7)66(59-35-26-19-27-36-59)60-44-40-55(41-45-60)50(6)37-39-54(13-4)63-47-57(49(5)28-16-12-3)42-46-62(63)56-31-22-17-23-32-56/h10-16,18-22,24-31,33-41,43-45,47-48,53,56-57,62H,4,8,17,23,32,42,46H2,1-3,5-7,9H3/b14-10-,15-11-,16-12-,29-20-,30-21-,49-28+,50-37+,54-39+. The third kappa shape index (κ3) is 11.5. The van der Waals surface area contributed by atoms with Crippen LogP contribution in [-0.4, -0.2) is 0 Å². The first-order valence-electron chi connectivity index (χ1n) is 24.3.